The molecule has 0 aliphatic carbocycles. The van der Waals surface area contributed by atoms with Crippen molar-refractivity contribution in [3.63, 3.8) is 0 Å². The highest BCUT2D eigenvalue weighted by Gasteiger charge is 2.15. The fourth-order valence-corrected chi connectivity index (χ4v) is 5.27. The highest BCUT2D eigenvalue weighted by Crippen LogP contribution is 2.26. The number of aromatic nitrogens is 6. The van der Waals surface area contributed by atoms with Crippen LogP contribution >= 0.6 is 11.8 Å². The number of benzene rings is 3. The van der Waals surface area contributed by atoms with Gasteiger partial charge in [-0.3, -0.25) is 0 Å². The van der Waals surface area contributed by atoms with Gasteiger partial charge in [0.1, 0.15) is 24.5 Å². The standard InChI is InChI=1S/C28H30N6S/c1-23-10-8-11-24(2)28(23)32-20-30-34(22-32)17-9-16-33-21-31(19-29-33)26-14-6-7-15-27(26)35-18-25-12-4-3-5-13-25/h3-8,10-15,19-22H,9,16-18H2,1-2H3/q+2. The third-order valence-electron chi connectivity index (χ3n) is 6.02. The third-order valence-corrected chi connectivity index (χ3v) is 7.15. The average Bonchev–Trinajstić information content (AvgIpc) is 3.54. The molecule has 2 heterocycles. The van der Waals surface area contributed by atoms with Crippen molar-refractivity contribution in [2.75, 3.05) is 0 Å². The van der Waals surface area contributed by atoms with Crippen LogP contribution in [-0.4, -0.2) is 19.6 Å². The second-order valence-corrected chi connectivity index (χ2v) is 9.69. The molecule has 6 nitrogen and oxygen atoms in total. The number of hydrogen-bond acceptors (Lipinski definition) is 3. The highest BCUT2D eigenvalue weighted by atomic mass is 32.2. The van der Waals surface area contributed by atoms with Crippen molar-refractivity contribution >= 4 is 11.8 Å². The maximum atomic E-state index is 4.59. The summed E-state index contributed by atoms with van der Waals surface area (Å²) in [5.41, 5.74) is 6.18. The normalized spacial score (nSPS) is 11.1. The molecule has 35 heavy (non-hydrogen) atoms. The van der Waals surface area contributed by atoms with E-state index in [4.69, 9.17) is 0 Å². The fourth-order valence-electron chi connectivity index (χ4n) is 4.26. The molecule has 0 radical (unpaired) electrons. The first-order valence-electron chi connectivity index (χ1n) is 11.9. The minimum absolute atomic E-state index is 0.829. The number of para-hydroxylation sites is 2. The molecule has 7 heteroatoms. The van der Waals surface area contributed by atoms with E-state index in [9.17, 15) is 0 Å². The fraction of sp³-hybridized carbons (Fsp3) is 0.214. The summed E-state index contributed by atoms with van der Waals surface area (Å²) < 4.78 is 8.22. The van der Waals surface area contributed by atoms with Gasteiger partial charge in [-0.1, -0.05) is 60.7 Å². The maximum Gasteiger partial charge on any atom is 0.270 e. The van der Waals surface area contributed by atoms with E-state index in [0.29, 0.717) is 0 Å². The van der Waals surface area contributed by atoms with Gasteiger partial charge >= 0.3 is 0 Å². The quantitative estimate of drug-likeness (QED) is 0.227. The lowest BCUT2D eigenvalue weighted by Crippen LogP contribution is -2.30. The molecule has 0 N–H and O–H groups in total. The Bertz CT molecular complexity index is 1390. The van der Waals surface area contributed by atoms with Crippen LogP contribution in [0.4, 0.5) is 0 Å². The molecule has 0 unspecified atom stereocenters. The Morgan fingerprint density at radius 3 is 2.09 bits per heavy atom. The summed E-state index contributed by atoms with van der Waals surface area (Å²) in [6.45, 7) is 5.94. The Balaban J connectivity index is 1.20. The molecule has 0 aliphatic heterocycles. The summed E-state index contributed by atoms with van der Waals surface area (Å²) >= 11 is 1.85. The number of aryl methyl sites for hydroxylation is 4. The topological polar surface area (TPSA) is 43.4 Å². The van der Waals surface area contributed by atoms with Crippen LogP contribution in [0.15, 0.2) is 103 Å². The van der Waals surface area contributed by atoms with Crippen molar-refractivity contribution < 1.29 is 9.13 Å². The number of thioether (sulfide) groups is 1. The van der Waals surface area contributed by atoms with E-state index in [1.54, 1.807) is 0 Å². The minimum atomic E-state index is 0.829. The highest BCUT2D eigenvalue weighted by molar-refractivity contribution is 7.98. The van der Waals surface area contributed by atoms with Crippen LogP contribution in [0.1, 0.15) is 23.1 Å². The zero-order chi connectivity index (χ0) is 24.0. The van der Waals surface area contributed by atoms with Crippen molar-refractivity contribution in [2.45, 2.75) is 44.0 Å². The van der Waals surface area contributed by atoms with Crippen LogP contribution in [0.3, 0.4) is 0 Å². The first kappa shape index (κ1) is 23.1. The molecule has 0 atom stereocenters. The lowest BCUT2D eigenvalue weighted by molar-refractivity contribution is -0.599. The molecule has 0 aliphatic rings. The van der Waals surface area contributed by atoms with E-state index in [2.05, 4.69) is 119 Å². The second-order valence-electron chi connectivity index (χ2n) is 8.67. The van der Waals surface area contributed by atoms with Crippen molar-refractivity contribution in [1.82, 2.24) is 19.6 Å². The average molecular weight is 483 g/mol. The molecule has 0 bridgehead atoms. The summed E-state index contributed by atoms with van der Waals surface area (Å²) in [4.78, 5) is 1.24. The van der Waals surface area contributed by atoms with E-state index >= 15 is 0 Å². The van der Waals surface area contributed by atoms with E-state index < -0.39 is 0 Å². The summed E-state index contributed by atoms with van der Waals surface area (Å²) in [7, 11) is 0. The van der Waals surface area contributed by atoms with Crippen LogP contribution in [0.2, 0.25) is 0 Å². The largest absolute Gasteiger partial charge is 0.270 e. The number of hydrogen-bond donors (Lipinski definition) is 0. The van der Waals surface area contributed by atoms with E-state index in [1.807, 2.05) is 33.8 Å². The van der Waals surface area contributed by atoms with E-state index in [-0.39, 0.29) is 0 Å². The Morgan fingerprint density at radius 1 is 0.714 bits per heavy atom. The first-order valence-corrected chi connectivity index (χ1v) is 12.9. The predicted octanol–water partition coefficient (Wildman–Crippen LogP) is 4.63. The predicted molar refractivity (Wildman–Crippen MR) is 138 cm³/mol. The van der Waals surface area contributed by atoms with Gasteiger partial charge < -0.3 is 0 Å². The van der Waals surface area contributed by atoms with E-state index in [1.165, 1.54) is 27.3 Å². The Hall–Kier alpha value is -3.71. The Labute approximate surface area is 210 Å². The van der Waals surface area contributed by atoms with Gasteiger partial charge in [-0.2, -0.15) is 0 Å². The molecule has 0 fully saturated rings. The molecule has 0 spiro atoms. The molecule has 5 rings (SSSR count). The van der Waals surface area contributed by atoms with Crippen molar-refractivity contribution in [3.8, 4) is 11.4 Å². The first-order chi connectivity index (χ1) is 17.2. The van der Waals surface area contributed by atoms with Gasteiger partial charge in [-0.05, 0) is 42.7 Å². The zero-order valence-electron chi connectivity index (χ0n) is 20.2. The molecule has 0 amide bonds. The molecule has 2 aromatic heterocycles. The second kappa shape index (κ2) is 10.7. The zero-order valence-corrected chi connectivity index (χ0v) is 21.0. The summed E-state index contributed by atoms with van der Waals surface area (Å²) in [5, 5.41) is 9.15. The van der Waals surface area contributed by atoms with Crippen LogP contribution in [0.5, 0.6) is 0 Å². The van der Waals surface area contributed by atoms with Gasteiger partial charge in [-0.15, -0.1) is 21.1 Å². The summed E-state index contributed by atoms with van der Waals surface area (Å²) in [6.07, 6.45) is 8.87. The van der Waals surface area contributed by atoms with Crippen molar-refractivity contribution in [3.05, 3.63) is 115 Å². The third kappa shape index (κ3) is 5.52. The van der Waals surface area contributed by atoms with Crippen molar-refractivity contribution in [2.24, 2.45) is 0 Å². The van der Waals surface area contributed by atoms with Gasteiger partial charge in [0.2, 0.25) is 12.7 Å². The van der Waals surface area contributed by atoms with Gasteiger partial charge in [0, 0.05) is 27.3 Å². The van der Waals surface area contributed by atoms with Gasteiger partial charge in [-0.25, -0.2) is 9.13 Å². The Morgan fingerprint density at radius 2 is 1.34 bits per heavy atom. The molecule has 5 aromatic rings. The van der Waals surface area contributed by atoms with Crippen LogP contribution in [-0.2, 0) is 18.8 Å². The lowest BCUT2D eigenvalue weighted by Gasteiger charge is -2.06. The van der Waals surface area contributed by atoms with E-state index in [0.717, 1.165) is 31.0 Å². The monoisotopic (exact) mass is 482 g/mol. The SMILES string of the molecule is Cc1cccc(C)c1-[n+]1cnn(CCCn2c[n+](-c3ccccc3SCc3ccccc3)cn2)c1. The molecular formula is C28H30N6S+2. The molecule has 3 aromatic carbocycles. The number of rotatable bonds is 9. The molecule has 176 valence electrons. The summed E-state index contributed by atoms with van der Waals surface area (Å²) in [6, 6.07) is 25.4. The van der Waals surface area contributed by atoms with Gasteiger partial charge in [0.25, 0.3) is 12.7 Å². The molecular weight excluding hydrogens is 452 g/mol. The van der Waals surface area contributed by atoms with Crippen LogP contribution in [0.25, 0.3) is 11.4 Å². The van der Waals surface area contributed by atoms with Gasteiger partial charge in [0.15, 0.2) is 0 Å². The molecule has 0 saturated heterocycles. The minimum Gasteiger partial charge on any atom is -0.203 e. The lowest BCUT2D eigenvalue weighted by atomic mass is 10.1. The van der Waals surface area contributed by atoms with Crippen molar-refractivity contribution in [1.29, 1.82) is 0 Å². The van der Waals surface area contributed by atoms with Crippen LogP contribution < -0.4 is 9.13 Å². The van der Waals surface area contributed by atoms with Gasteiger partial charge in [0.05, 0.1) is 0 Å². The smallest absolute Gasteiger partial charge is 0.203 e. The maximum absolute atomic E-state index is 4.59. The molecule has 0 saturated carbocycles. The van der Waals surface area contributed by atoms with Crippen LogP contribution in [0, 0.1) is 13.8 Å². The number of nitrogens with zero attached hydrogens (tertiary/aromatic N) is 6. The Kier molecular flexibility index (Phi) is 7.04. The summed E-state index contributed by atoms with van der Waals surface area (Å²) in [5.74, 6) is 0.943.